The first kappa shape index (κ1) is 19.4. The molecule has 0 radical (unpaired) electrons. The summed E-state index contributed by atoms with van der Waals surface area (Å²) in [5.74, 6) is 0.705. The fourth-order valence-corrected chi connectivity index (χ4v) is 4.61. The van der Waals surface area contributed by atoms with Gasteiger partial charge < -0.3 is 14.4 Å². The Kier molecular flexibility index (Phi) is 4.03. The summed E-state index contributed by atoms with van der Waals surface area (Å²) in [6.45, 7) is 9.63. The van der Waals surface area contributed by atoms with Crippen LogP contribution in [0.5, 0.6) is 11.5 Å². The van der Waals surface area contributed by atoms with Crippen LogP contribution in [0.4, 0.5) is 11.4 Å². The van der Waals surface area contributed by atoms with Gasteiger partial charge in [-0.05, 0) is 56.0 Å². The highest BCUT2D eigenvalue weighted by Crippen LogP contribution is 2.54. The molecule has 0 fully saturated rings. The summed E-state index contributed by atoms with van der Waals surface area (Å²) in [4.78, 5) is 19.0. The summed E-state index contributed by atoms with van der Waals surface area (Å²) >= 11 is 0. The molecule has 3 aromatic rings. The van der Waals surface area contributed by atoms with E-state index in [1.165, 1.54) is 5.56 Å². The number of hydrogen-bond donors (Lipinski definition) is 0. The summed E-state index contributed by atoms with van der Waals surface area (Å²) in [6.07, 6.45) is 1.90. The summed E-state index contributed by atoms with van der Waals surface area (Å²) in [6, 6.07) is 17.8. The van der Waals surface area contributed by atoms with E-state index in [0.29, 0.717) is 17.1 Å². The Labute approximate surface area is 181 Å². The monoisotopic (exact) mass is 412 g/mol. The highest BCUT2D eigenvalue weighted by molar-refractivity contribution is 6.01. The maximum Gasteiger partial charge on any atom is 0.338 e. The van der Waals surface area contributed by atoms with E-state index in [1.807, 2.05) is 43.6 Å². The second-order valence-corrected chi connectivity index (χ2v) is 8.72. The lowest BCUT2D eigenvalue weighted by atomic mass is 9.77. The molecule has 5 nitrogen and oxygen atoms in total. The van der Waals surface area contributed by atoms with Gasteiger partial charge in [-0.25, -0.2) is 4.79 Å². The molecular weight excluding hydrogens is 388 g/mol. The number of likely N-dealkylation sites (N-methyl/N-ethyl adjacent to an activating group) is 1. The molecule has 2 aliphatic rings. The number of anilines is 1. The van der Waals surface area contributed by atoms with E-state index in [9.17, 15) is 4.79 Å². The molecule has 0 bridgehead atoms. The van der Waals surface area contributed by atoms with Crippen molar-refractivity contribution in [2.45, 2.75) is 31.9 Å². The zero-order valence-electron chi connectivity index (χ0n) is 18.1. The molecule has 5 heteroatoms. The molecule has 2 heterocycles. The molecule has 31 heavy (non-hydrogen) atoms. The number of hydrogen-bond acceptors (Lipinski definition) is 5. The minimum absolute atomic E-state index is 0.312. The van der Waals surface area contributed by atoms with Crippen LogP contribution < -0.4 is 14.4 Å². The van der Waals surface area contributed by atoms with Crippen LogP contribution in [0.1, 0.15) is 26.3 Å². The Hall–Kier alpha value is -3.60. The first-order chi connectivity index (χ1) is 14.7. The predicted octanol–water partition coefficient (Wildman–Crippen LogP) is 5.54. The number of rotatable bonds is 2. The molecule has 1 atom stereocenters. The second-order valence-electron chi connectivity index (χ2n) is 8.72. The summed E-state index contributed by atoms with van der Waals surface area (Å²) in [5, 5.41) is 1.86. The SMILES string of the molecule is C=C(C)C(=O)Oc1ccc2ccc3c(c2c1)N=C[C@]1(O3)N(C)c2ccccc2C1(C)C. The molecule has 0 saturated heterocycles. The van der Waals surface area contributed by atoms with E-state index in [2.05, 4.69) is 43.5 Å². The average molecular weight is 412 g/mol. The van der Waals surface area contributed by atoms with Crippen molar-refractivity contribution in [2.75, 3.05) is 11.9 Å². The Morgan fingerprint density at radius 2 is 1.87 bits per heavy atom. The number of benzene rings is 3. The molecule has 5 rings (SSSR count). The van der Waals surface area contributed by atoms with Crippen LogP contribution in [0.15, 0.2) is 71.7 Å². The lowest BCUT2D eigenvalue weighted by Gasteiger charge is -2.45. The Bertz CT molecular complexity index is 1290. The Balaban J connectivity index is 1.61. The van der Waals surface area contributed by atoms with Gasteiger partial charge in [0.25, 0.3) is 0 Å². The van der Waals surface area contributed by atoms with Gasteiger partial charge in [0.2, 0.25) is 5.72 Å². The van der Waals surface area contributed by atoms with Crippen LogP contribution in [0.2, 0.25) is 0 Å². The molecular formula is C26H24N2O3. The van der Waals surface area contributed by atoms with Gasteiger partial charge in [-0.3, -0.25) is 4.99 Å². The van der Waals surface area contributed by atoms with E-state index in [1.54, 1.807) is 13.0 Å². The van der Waals surface area contributed by atoms with E-state index in [4.69, 9.17) is 14.5 Å². The van der Waals surface area contributed by atoms with Crippen molar-refractivity contribution in [1.82, 2.24) is 0 Å². The van der Waals surface area contributed by atoms with Gasteiger partial charge in [0.05, 0.1) is 11.6 Å². The number of nitrogens with zero attached hydrogens (tertiary/aromatic N) is 2. The van der Waals surface area contributed by atoms with E-state index in [-0.39, 0.29) is 5.41 Å². The molecule has 1 spiro atoms. The van der Waals surface area contributed by atoms with Gasteiger partial charge in [-0.1, -0.05) is 36.9 Å². The van der Waals surface area contributed by atoms with Crippen LogP contribution in [-0.2, 0) is 10.2 Å². The fourth-order valence-electron chi connectivity index (χ4n) is 4.61. The number of aliphatic imine (C=N–C) groups is 1. The van der Waals surface area contributed by atoms with E-state index >= 15 is 0 Å². The van der Waals surface area contributed by atoms with E-state index in [0.717, 1.165) is 22.1 Å². The fraction of sp³-hybridized carbons (Fsp3) is 0.231. The highest BCUT2D eigenvalue weighted by atomic mass is 16.5. The van der Waals surface area contributed by atoms with Gasteiger partial charge in [-0.2, -0.15) is 0 Å². The number of carbonyl (C=O) groups excluding carboxylic acids is 1. The third-order valence-corrected chi connectivity index (χ3v) is 6.45. The van der Waals surface area contributed by atoms with Crippen molar-refractivity contribution in [3.05, 3.63) is 72.3 Å². The molecule has 0 saturated carbocycles. The molecule has 156 valence electrons. The van der Waals surface area contributed by atoms with Gasteiger partial charge in [0.1, 0.15) is 17.2 Å². The molecule has 0 aliphatic carbocycles. The average Bonchev–Trinajstić information content (AvgIpc) is 2.92. The number of esters is 1. The second kappa shape index (κ2) is 6.45. The standard InChI is InChI=1S/C26H24N2O3/c1-16(2)24(29)30-18-12-10-17-11-13-22-23(19(17)14-18)27-15-26(31-22)25(3,4)20-8-6-7-9-21(20)28(26)5/h6-15H,1H2,2-5H3/t26-/m1/s1. The number of carbonyl (C=O) groups is 1. The van der Waals surface area contributed by atoms with Gasteiger partial charge in [0, 0.05) is 23.7 Å². The van der Waals surface area contributed by atoms with Crippen molar-refractivity contribution in [3.63, 3.8) is 0 Å². The van der Waals surface area contributed by atoms with Crippen molar-refractivity contribution in [3.8, 4) is 11.5 Å². The van der Waals surface area contributed by atoms with Crippen molar-refractivity contribution < 1.29 is 14.3 Å². The predicted molar refractivity (Wildman–Crippen MR) is 124 cm³/mol. The lowest BCUT2D eigenvalue weighted by molar-refractivity contribution is -0.130. The number of para-hydroxylation sites is 1. The maximum atomic E-state index is 11.9. The minimum Gasteiger partial charge on any atom is -0.459 e. The Morgan fingerprint density at radius 3 is 2.61 bits per heavy atom. The highest BCUT2D eigenvalue weighted by Gasteiger charge is 2.58. The molecule has 3 aromatic carbocycles. The van der Waals surface area contributed by atoms with Crippen molar-refractivity contribution in [2.24, 2.45) is 4.99 Å². The van der Waals surface area contributed by atoms with Crippen LogP contribution in [0.25, 0.3) is 10.8 Å². The molecule has 0 aromatic heterocycles. The van der Waals surface area contributed by atoms with Crippen LogP contribution in [-0.4, -0.2) is 25.0 Å². The van der Waals surface area contributed by atoms with Gasteiger partial charge in [0.15, 0.2) is 0 Å². The number of fused-ring (bicyclic) bond motifs is 4. The third-order valence-electron chi connectivity index (χ3n) is 6.45. The minimum atomic E-state index is -0.735. The number of ether oxygens (including phenoxy) is 2. The lowest BCUT2D eigenvalue weighted by Crippen LogP contribution is -2.61. The van der Waals surface area contributed by atoms with Crippen LogP contribution >= 0.6 is 0 Å². The topological polar surface area (TPSA) is 51.1 Å². The molecule has 2 aliphatic heterocycles. The van der Waals surface area contributed by atoms with E-state index < -0.39 is 11.7 Å². The van der Waals surface area contributed by atoms with Crippen molar-refractivity contribution in [1.29, 1.82) is 0 Å². The molecule has 0 amide bonds. The van der Waals surface area contributed by atoms with Gasteiger partial charge >= 0.3 is 5.97 Å². The zero-order valence-corrected chi connectivity index (χ0v) is 18.1. The quantitative estimate of drug-likeness (QED) is 0.315. The van der Waals surface area contributed by atoms with Crippen LogP contribution in [0, 0.1) is 0 Å². The first-order valence-electron chi connectivity index (χ1n) is 10.3. The zero-order chi connectivity index (χ0) is 22.0. The first-order valence-corrected chi connectivity index (χ1v) is 10.3. The largest absolute Gasteiger partial charge is 0.459 e. The molecule has 0 N–H and O–H groups in total. The third kappa shape index (κ3) is 2.62. The maximum absolute atomic E-state index is 11.9. The van der Waals surface area contributed by atoms with Crippen LogP contribution in [0.3, 0.4) is 0 Å². The Morgan fingerprint density at radius 1 is 1.13 bits per heavy atom. The smallest absolute Gasteiger partial charge is 0.338 e. The normalized spacial score (nSPS) is 20.3. The molecule has 0 unspecified atom stereocenters. The van der Waals surface area contributed by atoms with Crippen molar-refractivity contribution >= 4 is 34.3 Å². The summed E-state index contributed by atoms with van der Waals surface area (Å²) in [7, 11) is 2.04. The summed E-state index contributed by atoms with van der Waals surface area (Å²) < 4.78 is 12.1. The van der Waals surface area contributed by atoms with Gasteiger partial charge in [-0.15, -0.1) is 0 Å². The summed E-state index contributed by atoms with van der Waals surface area (Å²) in [5.41, 5.74) is 2.40.